The van der Waals surface area contributed by atoms with E-state index in [2.05, 4.69) is 4.98 Å². The first-order chi connectivity index (χ1) is 8.20. The molecule has 0 bridgehead atoms. The van der Waals surface area contributed by atoms with Crippen LogP contribution in [0.3, 0.4) is 0 Å². The fourth-order valence-electron chi connectivity index (χ4n) is 1.60. The number of H-pyrrole nitrogens is 1. The van der Waals surface area contributed by atoms with Gasteiger partial charge < -0.3 is 9.72 Å². The fourth-order valence-corrected chi connectivity index (χ4v) is 1.60. The van der Waals surface area contributed by atoms with Crippen molar-refractivity contribution in [3.05, 3.63) is 47.7 Å². The van der Waals surface area contributed by atoms with Crippen molar-refractivity contribution < 1.29 is 13.5 Å². The highest BCUT2D eigenvalue weighted by molar-refractivity contribution is 5.60. The lowest BCUT2D eigenvalue weighted by atomic mass is 10.1. The van der Waals surface area contributed by atoms with Gasteiger partial charge in [0.25, 0.3) is 0 Å². The standard InChI is InChI=1S/C13H13F2NO/c1-2-17-8-11-7-12(15)13(16-11)9-3-5-10(14)6-4-9/h3-7,16H,2,8H2,1H3. The van der Waals surface area contributed by atoms with Gasteiger partial charge in [-0.1, -0.05) is 0 Å². The van der Waals surface area contributed by atoms with Crippen LogP contribution in [0.2, 0.25) is 0 Å². The lowest BCUT2D eigenvalue weighted by molar-refractivity contribution is 0.131. The molecule has 1 N–H and O–H groups in total. The van der Waals surface area contributed by atoms with Gasteiger partial charge in [0, 0.05) is 17.9 Å². The van der Waals surface area contributed by atoms with E-state index in [-0.39, 0.29) is 11.6 Å². The first-order valence-corrected chi connectivity index (χ1v) is 5.41. The SMILES string of the molecule is CCOCc1cc(F)c(-c2ccc(F)cc2)[nH]1. The van der Waals surface area contributed by atoms with Gasteiger partial charge in [-0.25, -0.2) is 8.78 Å². The van der Waals surface area contributed by atoms with Gasteiger partial charge in [-0.3, -0.25) is 0 Å². The summed E-state index contributed by atoms with van der Waals surface area (Å²) in [7, 11) is 0. The molecule has 0 spiro atoms. The second kappa shape index (κ2) is 5.10. The molecular formula is C13H13F2NO. The van der Waals surface area contributed by atoms with E-state index in [9.17, 15) is 8.78 Å². The Balaban J connectivity index is 2.26. The molecule has 1 aromatic carbocycles. The van der Waals surface area contributed by atoms with E-state index in [1.54, 1.807) is 0 Å². The highest BCUT2D eigenvalue weighted by Gasteiger charge is 2.09. The molecule has 2 rings (SSSR count). The van der Waals surface area contributed by atoms with Gasteiger partial charge in [0.2, 0.25) is 0 Å². The van der Waals surface area contributed by atoms with Crippen LogP contribution < -0.4 is 0 Å². The first kappa shape index (κ1) is 11.8. The molecule has 0 aliphatic rings. The van der Waals surface area contributed by atoms with Crippen LogP contribution in [-0.2, 0) is 11.3 Å². The molecule has 0 saturated carbocycles. The summed E-state index contributed by atoms with van der Waals surface area (Å²) in [5.74, 6) is -0.693. The maximum absolute atomic E-state index is 13.6. The van der Waals surface area contributed by atoms with E-state index >= 15 is 0 Å². The Morgan fingerprint density at radius 2 is 1.88 bits per heavy atom. The third kappa shape index (κ3) is 2.71. The third-order valence-corrected chi connectivity index (χ3v) is 2.42. The normalized spacial score (nSPS) is 10.8. The van der Waals surface area contributed by atoms with E-state index in [1.165, 1.54) is 30.3 Å². The monoisotopic (exact) mass is 237 g/mol. The first-order valence-electron chi connectivity index (χ1n) is 5.41. The zero-order chi connectivity index (χ0) is 12.3. The number of benzene rings is 1. The number of rotatable bonds is 4. The average Bonchev–Trinajstić information content (AvgIpc) is 2.69. The van der Waals surface area contributed by atoms with Crippen molar-refractivity contribution in [3.63, 3.8) is 0 Å². The van der Waals surface area contributed by atoms with Crippen LogP contribution in [0.4, 0.5) is 8.78 Å². The van der Waals surface area contributed by atoms with Gasteiger partial charge in [-0.15, -0.1) is 0 Å². The van der Waals surface area contributed by atoms with Crippen molar-refractivity contribution in [2.45, 2.75) is 13.5 Å². The topological polar surface area (TPSA) is 25.0 Å². The lowest BCUT2D eigenvalue weighted by Crippen LogP contribution is -1.91. The Labute approximate surface area is 98.2 Å². The molecule has 4 heteroatoms. The van der Waals surface area contributed by atoms with Crippen molar-refractivity contribution in [2.24, 2.45) is 0 Å². The minimum atomic E-state index is -0.355. The molecule has 0 atom stereocenters. The summed E-state index contributed by atoms with van der Waals surface area (Å²) < 4.78 is 31.6. The minimum absolute atomic E-state index is 0.338. The summed E-state index contributed by atoms with van der Waals surface area (Å²) in [5, 5.41) is 0. The second-order valence-electron chi connectivity index (χ2n) is 3.66. The molecule has 0 aliphatic heterocycles. The molecule has 0 amide bonds. The van der Waals surface area contributed by atoms with E-state index in [1.807, 2.05) is 6.92 Å². The summed E-state index contributed by atoms with van der Waals surface area (Å²) in [6, 6.07) is 7.08. The molecule has 0 saturated heterocycles. The number of nitrogens with one attached hydrogen (secondary N) is 1. The quantitative estimate of drug-likeness (QED) is 0.865. The Bertz CT molecular complexity index is 491. The van der Waals surface area contributed by atoms with E-state index < -0.39 is 0 Å². The molecule has 2 aromatic rings. The van der Waals surface area contributed by atoms with Gasteiger partial charge in [0.15, 0.2) is 0 Å². The molecule has 2 nitrogen and oxygen atoms in total. The number of aromatic amines is 1. The lowest BCUT2D eigenvalue weighted by Gasteiger charge is -1.99. The van der Waals surface area contributed by atoms with Crippen LogP contribution in [0.25, 0.3) is 11.3 Å². The smallest absolute Gasteiger partial charge is 0.149 e. The van der Waals surface area contributed by atoms with Crippen molar-refractivity contribution in [1.82, 2.24) is 4.98 Å². The van der Waals surface area contributed by atoms with E-state index in [4.69, 9.17) is 4.74 Å². The summed E-state index contributed by atoms with van der Waals surface area (Å²) >= 11 is 0. The fraction of sp³-hybridized carbons (Fsp3) is 0.231. The molecule has 0 radical (unpaired) electrons. The minimum Gasteiger partial charge on any atom is -0.376 e. The number of hydrogen-bond acceptors (Lipinski definition) is 1. The molecule has 0 unspecified atom stereocenters. The van der Waals surface area contributed by atoms with Crippen LogP contribution in [0, 0.1) is 11.6 Å². The van der Waals surface area contributed by atoms with Crippen LogP contribution in [0.15, 0.2) is 30.3 Å². The third-order valence-electron chi connectivity index (χ3n) is 2.42. The van der Waals surface area contributed by atoms with Gasteiger partial charge in [0.1, 0.15) is 11.6 Å². The highest BCUT2D eigenvalue weighted by Crippen LogP contribution is 2.23. The predicted molar refractivity (Wildman–Crippen MR) is 61.5 cm³/mol. The van der Waals surface area contributed by atoms with Gasteiger partial charge in [0.05, 0.1) is 12.3 Å². The van der Waals surface area contributed by atoms with Gasteiger partial charge in [-0.05, 0) is 37.3 Å². The Kier molecular flexibility index (Phi) is 3.54. The van der Waals surface area contributed by atoms with Crippen LogP contribution in [-0.4, -0.2) is 11.6 Å². The zero-order valence-corrected chi connectivity index (χ0v) is 9.47. The number of aromatic nitrogens is 1. The number of ether oxygens (including phenoxy) is 1. The number of hydrogen-bond donors (Lipinski definition) is 1. The molecule has 17 heavy (non-hydrogen) atoms. The largest absolute Gasteiger partial charge is 0.376 e. The summed E-state index contributed by atoms with van der Waals surface area (Å²) in [5.41, 5.74) is 1.65. The molecule has 0 aliphatic carbocycles. The molecule has 0 fully saturated rings. The molecular weight excluding hydrogens is 224 g/mol. The van der Waals surface area contributed by atoms with Crippen LogP contribution in [0.1, 0.15) is 12.6 Å². The van der Waals surface area contributed by atoms with Crippen LogP contribution >= 0.6 is 0 Å². The summed E-state index contributed by atoms with van der Waals surface area (Å²) in [6.07, 6.45) is 0. The van der Waals surface area contributed by atoms with Crippen molar-refractivity contribution in [3.8, 4) is 11.3 Å². The Hall–Kier alpha value is -1.68. The highest BCUT2D eigenvalue weighted by atomic mass is 19.1. The van der Waals surface area contributed by atoms with Crippen LogP contribution in [0.5, 0.6) is 0 Å². The predicted octanol–water partition coefficient (Wildman–Crippen LogP) is 3.50. The second-order valence-corrected chi connectivity index (χ2v) is 3.66. The average molecular weight is 237 g/mol. The van der Waals surface area contributed by atoms with Crippen molar-refractivity contribution in [2.75, 3.05) is 6.61 Å². The van der Waals surface area contributed by atoms with E-state index in [0.717, 1.165) is 0 Å². The maximum Gasteiger partial charge on any atom is 0.149 e. The Morgan fingerprint density at radius 1 is 1.18 bits per heavy atom. The molecule has 90 valence electrons. The zero-order valence-electron chi connectivity index (χ0n) is 9.47. The van der Waals surface area contributed by atoms with E-state index in [0.29, 0.717) is 30.2 Å². The molecule has 1 heterocycles. The van der Waals surface area contributed by atoms with Crippen molar-refractivity contribution in [1.29, 1.82) is 0 Å². The summed E-state index contributed by atoms with van der Waals surface area (Å²) in [6.45, 7) is 2.79. The van der Waals surface area contributed by atoms with Gasteiger partial charge in [-0.2, -0.15) is 0 Å². The van der Waals surface area contributed by atoms with Crippen molar-refractivity contribution >= 4 is 0 Å². The summed E-state index contributed by atoms with van der Waals surface area (Å²) in [4.78, 5) is 2.93. The maximum atomic E-state index is 13.6. The van der Waals surface area contributed by atoms with Gasteiger partial charge >= 0.3 is 0 Å². The Morgan fingerprint density at radius 3 is 2.53 bits per heavy atom. The molecule has 1 aromatic heterocycles. The number of halogens is 2.